The van der Waals surface area contributed by atoms with E-state index >= 15 is 0 Å². The van der Waals surface area contributed by atoms with Crippen LogP contribution in [0.25, 0.3) is 0 Å². The molecule has 1 aliphatic rings. The van der Waals surface area contributed by atoms with E-state index in [0.29, 0.717) is 12.8 Å². The Labute approximate surface area is 97.0 Å². The minimum atomic E-state index is -0.600. The summed E-state index contributed by atoms with van der Waals surface area (Å²) in [4.78, 5) is 13.7. The van der Waals surface area contributed by atoms with E-state index in [0.717, 1.165) is 12.3 Å². The molecule has 1 heterocycles. The highest BCUT2D eigenvalue weighted by Crippen LogP contribution is 2.27. The van der Waals surface area contributed by atoms with Gasteiger partial charge in [-0.2, -0.15) is 5.26 Å². The van der Waals surface area contributed by atoms with Gasteiger partial charge in [-0.05, 0) is 12.8 Å². The van der Waals surface area contributed by atoms with Crippen LogP contribution < -0.4 is 10.5 Å². The van der Waals surface area contributed by atoms with Crippen LogP contribution in [0, 0.1) is 21.4 Å². The van der Waals surface area contributed by atoms with Crippen molar-refractivity contribution in [1.82, 2.24) is 4.98 Å². The van der Waals surface area contributed by atoms with Crippen LogP contribution in [0.15, 0.2) is 12.3 Å². The molecule has 0 atom stereocenters. The maximum atomic E-state index is 10.5. The molecule has 1 aromatic heterocycles. The molecule has 0 amide bonds. The van der Waals surface area contributed by atoms with Gasteiger partial charge in [0, 0.05) is 12.1 Å². The van der Waals surface area contributed by atoms with Crippen LogP contribution in [0.3, 0.4) is 0 Å². The number of aromatic nitrogens is 1. The highest BCUT2D eigenvalue weighted by atomic mass is 16.6. The van der Waals surface area contributed by atoms with E-state index in [9.17, 15) is 10.1 Å². The summed E-state index contributed by atoms with van der Waals surface area (Å²) in [5.74, 6) is 0.134. The predicted octanol–water partition coefficient (Wildman–Crippen LogP) is 0.730. The zero-order valence-corrected chi connectivity index (χ0v) is 8.87. The summed E-state index contributed by atoms with van der Waals surface area (Å²) in [5, 5.41) is 19.4. The lowest BCUT2D eigenvalue weighted by atomic mass is 9.90. The van der Waals surface area contributed by atoms with Crippen molar-refractivity contribution in [2.45, 2.75) is 25.0 Å². The highest BCUT2D eigenvalue weighted by molar-refractivity contribution is 5.45. The molecule has 0 spiro atoms. The standard InChI is InChI=1S/C10H10N4O3/c11-4-6-1-8(14(15)16)5-13-10(6)17-9-2-7(12)3-9/h1,5,7,9H,2-3,12H2. The van der Waals surface area contributed by atoms with Crippen LogP contribution in [0.1, 0.15) is 18.4 Å². The minimum absolute atomic E-state index is 0.0499. The molecule has 1 fully saturated rings. The summed E-state index contributed by atoms with van der Waals surface area (Å²) in [5.41, 5.74) is 5.45. The quantitative estimate of drug-likeness (QED) is 0.608. The maximum absolute atomic E-state index is 10.5. The molecule has 7 heteroatoms. The predicted molar refractivity (Wildman–Crippen MR) is 57.2 cm³/mol. The highest BCUT2D eigenvalue weighted by Gasteiger charge is 2.29. The Kier molecular flexibility index (Phi) is 2.89. The molecule has 0 radical (unpaired) electrons. The van der Waals surface area contributed by atoms with Crippen molar-refractivity contribution in [3.05, 3.63) is 27.9 Å². The second kappa shape index (κ2) is 4.35. The van der Waals surface area contributed by atoms with E-state index in [1.54, 1.807) is 0 Å². The van der Waals surface area contributed by atoms with Crippen molar-refractivity contribution in [1.29, 1.82) is 5.26 Å². The van der Waals surface area contributed by atoms with Crippen molar-refractivity contribution >= 4 is 5.69 Å². The molecular formula is C10H10N4O3. The number of hydrogen-bond donors (Lipinski definition) is 1. The average Bonchev–Trinajstić information content (AvgIpc) is 2.27. The molecule has 17 heavy (non-hydrogen) atoms. The van der Waals surface area contributed by atoms with Gasteiger partial charge in [-0.3, -0.25) is 10.1 Å². The van der Waals surface area contributed by atoms with Gasteiger partial charge in [-0.15, -0.1) is 0 Å². The largest absolute Gasteiger partial charge is 0.473 e. The lowest BCUT2D eigenvalue weighted by Crippen LogP contribution is -2.43. The van der Waals surface area contributed by atoms with Crippen LogP contribution in [0.2, 0.25) is 0 Å². The van der Waals surface area contributed by atoms with Crippen LogP contribution in [-0.4, -0.2) is 22.1 Å². The summed E-state index contributed by atoms with van der Waals surface area (Å²) in [6.45, 7) is 0. The van der Waals surface area contributed by atoms with Crippen molar-refractivity contribution < 1.29 is 9.66 Å². The van der Waals surface area contributed by atoms with Gasteiger partial charge in [0.2, 0.25) is 5.88 Å². The molecular weight excluding hydrogens is 224 g/mol. The Balaban J connectivity index is 2.17. The Bertz CT molecular complexity index is 491. The van der Waals surface area contributed by atoms with Gasteiger partial charge >= 0.3 is 0 Å². The van der Waals surface area contributed by atoms with Gasteiger partial charge in [0.05, 0.1) is 4.92 Å². The van der Waals surface area contributed by atoms with Crippen LogP contribution >= 0.6 is 0 Å². The summed E-state index contributed by atoms with van der Waals surface area (Å²) in [6, 6.07) is 3.11. The molecule has 0 bridgehead atoms. The first kappa shape index (κ1) is 11.3. The first-order valence-corrected chi connectivity index (χ1v) is 5.07. The van der Waals surface area contributed by atoms with Gasteiger partial charge in [0.1, 0.15) is 23.9 Å². The lowest BCUT2D eigenvalue weighted by molar-refractivity contribution is -0.385. The fourth-order valence-electron chi connectivity index (χ4n) is 1.58. The monoisotopic (exact) mass is 234 g/mol. The smallest absolute Gasteiger partial charge is 0.289 e. The summed E-state index contributed by atoms with van der Waals surface area (Å²) >= 11 is 0. The fraction of sp³-hybridized carbons (Fsp3) is 0.400. The number of hydrogen-bond acceptors (Lipinski definition) is 6. The Morgan fingerprint density at radius 3 is 2.88 bits per heavy atom. The van der Waals surface area contributed by atoms with Crippen molar-refractivity contribution in [2.24, 2.45) is 5.73 Å². The third kappa shape index (κ3) is 2.32. The van der Waals surface area contributed by atoms with Crippen molar-refractivity contribution in [3.8, 4) is 11.9 Å². The Morgan fingerprint density at radius 2 is 2.35 bits per heavy atom. The third-order valence-electron chi connectivity index (χ3n) is 2.58. The van der Waals surface area contributed by atoms with Crippen molar-refractivity contribution in [3.63, 3.8) is 0 Å². The zero-order chi connectivity index (χ0) is 12.4. The van der Waals surface area contributed by atoms with E-state index in [4.69, 9.17) is 15.7 Å². The van der Waals surface area contributed by atoms with Crippen LogP contribution in [-0.2, 0) is 0 Å². The molecule has 0 aromatic carbocycles. The maximum Gasteiger partial charge on any atom is 0.289 e. The first-order chi connectivity index (χ1) is 8.10. The zero-order valence-electron chi connectivity index (χ0n) is 8.87. The molecule has 2 N–H and O–H groups in total. The average molecular weight is 234 g/mol. The van der Waals surface area contributed by atoms with E-state index in [-0.39, 0.29) is 29.3 Å². The Morgan fingerprint density at radius 1 is 1.65 bits per heavy atom. The number of pyridine rings is 1. The summed E-state index contributed by atoms with van der Waals surface area (Å²) in [7, 11) is 0. The molecule has 0 aliphatic heterocycles. The van der Waals surface area contributed by atoms with Gasteiger partial charge in [0.25, 0.3) is 5.69 Å². The summed E-state index contributed by atoms with van der Waals surface area (Å²) in [6.07, 6.45) is 2.45. The fourth-order valence-corrected chi connectivity index (χ4v) is 1.58. The SMILES string of the molecule is N#Cc1cc([N+](=O)[O-])cnc1OC1CC(N)C1. The number of rotatable bonds is 3. The number of nitrogens with zero attached hydrogens (tertiary/aromatic N) is 3. The summed E-state index contributed by atoms with van der Waals surface area (Å²) < 4.78 is 5.44. The number of ether oxygens (including phenoxy) is 1. The third-order valence-corrected chi connectivity index (χ3v) is 2.58. The number of nitro groups is 1. The second-order valence-corrected chi connectivity index (χ2v) is 3.89. The van der Waals surface area contributed by atoms with Gasteiger partial charge < -0.3 is 10.5 Å². The molecule has 1 aliphatic carbocycles. The van der Waals surface area contributed by atoms with E-state index in [2.05, 4.69) is 4.98 Å². The van der Waals surface area contributed by atoms with Crippen LogP contribution in [0.5, 0.6) is 5.88 Å². The van der Waals surface area contributed by atoms with Crippen LogP contribution in [0.4, 0.5) is 5.69 Å². The van der Waals surface area contributed by atoms with Gasteiger partial charge in [-0.1, -0.05) is 0 Å². The topological polar surface area (TPSA) is 115 Å². The number of nitrogens with two attached hydrogens (primary N) is 1. The lowest BCUT2D eigenvalue weighted by Gasteiger charge is -2.32. The molecule has 1 aromatic rings. The molecule has 88 valence electrons. The van der Waals surface area contributed by atoms with Gasteiger partial charge in [-0.25, -0.2) is 4.98 Å². The van der Waals surface area contributed by atoms with E-state index < -0.39 is 4.92 Å². The molecule has 7 nitrogen and oxygen atoms in total. The van der Waals surface area contributed by atoms with E-state index in [1.807, 2.05) is 6.07 Å². The number of nitriles is 1. The molecule has 1 saturated carbocycles. The first-order valence-electron chi connectivity index (χ1n) is 5.07. The Hall–Kier alpha value is -2.20. The van der Waals surface area contributed by atoms with Gasteiger partial charge in [0.15, 0.2) is 0 Å². The minimum Gasteiger partial charge on any atom is -0.473 e. The molecule has 2 rings (SSSR count). The van der Waals surface area contributed by atoms with E-state index in [1.165, 1.54) is 0 Å². The molecule has 0 saturated heterocycles. The van der Waals surface area contributed by atoms with Crippen molar-refractivity contribution in [2.75, 3.05) is 0 Å². The second-order valence-electron chi connectivity index (χ2n) is 3.89. The molecule has 0 unspecified atom stereocenters. The normalized spacial score (nSPS) is 22.4.